The van der Waals surface area contributed by atoms with E-state index in [2.05, 4.69) is 15.0 Å². The highest BCUT2D eigenvalue weighted by atomic mass is 32.2. The smallest absolute Gasteiger partial charge is 0.443 e. The molecule has 174 valence electrons. The van der Waals surface area contributed by atoms with E-state index in [9.17, 15) is 23.3 Å². The number of nitro groups is 1. The molecule has 1 atom stereocenters. The van der Waals surface area contributed by atoms with Gasteiger partial charge in [-0.25, -0.2) is 9.97 Å². The molecule has 3 aromatic rings. The summed E-state index contributed by atoms with van der Waals surface area (Å²) in [6, 6.07) is 6.08. The molecule has 1 aliphatic rings. The van der Waals surface area contributed by atoms with Gasteiger partial charge in [-0.1, -0.05) is 0 Å². The maximum Gasteiger partial charge on any atom is 0.446 e. The minimum atomic E-state index is -4.34. The molecule has 33 heavy (non-hydrogen) atoms. The molecule has 0 fully saturated rings. The predicted molar refractivity (Wildman–Crippen MR) is 111 cm³/mol. The molecule has 1 aromatic carbocycles. The molecule has 0 saturated heterocycles. The van der Waals surface area contributed by atoms with Crippen LogP contribution in [0.15, 0.2) is 47.8 Å². The number of thioether (sulfide) groups is 1. The van der Waals surface area contributed by atoms with Crippen molar-refractivity contribution < 1.29 is 27.6 Å². The lowest BCUT2D eigenvalue weighted by Crippen LogP contribution is -2.32. The molecule has 4 rings (SSSR count). The van der Waals surface area contributed by atoms with Crippen molar-refractivity contribution in [2.24, 2.45) is 0 Å². The van der Waals surface area contributed by atoms with Crippen molar-refractivity contribution in [3.8, 4) is 6.01 Å². The lowest BCUT2D eigenvalue weighted by atomic mass is 10.3. The van der Waals surface area contributed by atoms with Crippen LogP contribution in [-0.4, -0.2) is 49.7 Å². The molecule has 1 aliphatic heterocycles. The van der Waals surface area contributed by atoms with Gasteiger partial charge in [0.25, 0.3) is 0 Å². The fraction of sp³-hybridized carbons (Fsp3) is 0.316. The number of alkyl halides is 3. The molecule has 0 unspecified atom stereocenters. The maximum absolute atomic E-state index is 12.5. The van der Waals surface area contributed by atoms with E-state index in [0.717, 1.165) is 0 Å². The number of hydrogen-bond acceptors (Lipinski definition) is 9. The Bertz CT molecular complexity index is 1120. The summed E-state index contributed by atoms with van der Waals surface area (Å²) in [5.74, 6) is 0.0823. The Kier molecular flexibility index (Phi) is 6.37. The first-order valence-electron chi connectivity index (χ1n) is 9.54. The summed E-state index contributed by atoms with van der Waals surface area (Å²) in [7, 11) is 1.71. The molecule has 10 nitrogen and oxygen atoms in total. The Labute approximate surface area is 189 Å². The summed E-state index contributed by atoms with van der Waals surface area (Å²) in [5, 5.41) is 10.8. The van der Waals surface area contributed by atoms with Gasteiger partial charge in [-0.3, -0.25) is 4.57 Å². The molecule has 2 aromatic heterocycles. The summed E-state index contributed by atoms with van der Waals surface area (Å²) in [6.07, 6.45) is 4.14. The number of nitrogens with zero attached hydrogens (tertiary/aromatic N) is 6. The van der Waals surface area contributed by atoms with E-state index in [-0.39, 0.29) is 47.8 Å². The number of aromatic nitrogens is 4. The van der Waals surface area contributed by atoms with E-state index in [0.29, 0.717) is 23.7 Å². The fourth-order valence-electron chi connectivity index (χ4n) is 3.06. The van der Waals surface area contributed by atoms with Crippen LogP contribution in [0.5, 0.6) is 6.01 Å². The van der Waals surface area contributed by atoms with E-state index < -0.39 is 10.4 Å². The second-order valence-electron chi connectivity index (χ2n) is 7.03. The second-order valence-corrected chi connectivity index (χ2v) is 8.17. The van der Waals surface area contributed by atoms with Crippen LogP contribution in [0.1, 0.15) is 5.56 Å². The molecule has 0 amide bonds. The predicted octanol–water partition coefficient (Wildman–Crippen LogP) is 3.94. The maximum atomic E-state index is 12.5. The molecule has 14 heteroatoms. The summed E-state index contributed by atoms with van der Waals surface area (Å²) in [5.41, 5.74) is -3.00. The van der Waals surface area contributed by atoms with Crippen LogP contribution in [0, 0.1) is 10.1 Å². The van der Waals surface area contributed by atoms with Gasteiger partial charge in [0.2, 0.25) is 5.95 Å². The first-order chi connectivity index (χ1) is 15.7. The van der Waals surface area contributed by atoms with Gasteiger partial charge in [0.05, 0.1) is 13.2 Å². The van der Waals surface area contributed by atoms with E-state index >= 15 is 0 Å². The second kappa shape index (κ2) is 9.23. The Morgan fingerprint density at radius 1 is 1.30 bits per heavy atom. The van der Waals surface area contributed by atoms with E-state index in [1.54, 1.807) is 36.5 Å². The lowest BCUT2D eigenvalue weighted by molar-refractivity contribution is -0.389. The van der Waals surface area contributed by atoms with E-state index in [4.69, 9.17) is 9.47 Å². The molecule has 0 bridgehead atoms. The minimum absolute atomic E-state index is 0.0946. The van der Waals surface area contributed by atoms with Gasteiger partial charge in [-0.15, -0.1) is 0 Å². The van der Waals surface area contributed by atoms with Crippen molar-refractivity contribution in [2.75, 3.05) is 18.6 Å². The zero-order chi connectivity index (χ0) is 23.6. The SMILES string of the molecule is CN(c1ccc(SC(F)(F)F)cc1)c1ncc(CO[C@@H]2COc3nc([N+](=O)[O-])cn3C2)cn1. The highest BCUT2D eigenvalue weighted by molar-refractivity contribution is 8.00. The fourth-order valence-corrected chi connectivity index (χ4v) is 3.60. The molecule has 0 radical (unpaired) electrons. The summed E-state index contributed by atoms with van der Waals surface area (Å²) >= 11 is -0.173. The molecule has 0 saturated carbocycles. The number of hydrogen-bond donors (Lipinski definition) is 0. The van der Waals surface area contributed by atoms with Crippen molar-refractivity contribution in [1.82, 2.24) is 19.5 Å². The van der Waals surface area contributed by atoms with Gasteiger partial charge >= 0.3 is 17.3 Å². The summed E-state index contributed by atoms with van der Waals surface area (Å²) in [6.45, 7) is 0.770. The van der Waals surface area contributed by atoms with Crippen LogP contribution in [0.2, 0.25) is 0 Å². The van der Waals surface area contributed by atoms with Crippen molar-refractivity contribution in [3.05, 3.63) is 58.5 Å². The third-order valence-corrected chi connectivity index (χ3v) is 5.39. The monoisotopic (exact) mass is 482 g/mol. The zero-order valence-corrected chi connectivity index (χ0v) is 17.9. The van der Waals surface area contributed by atoms with Crippen LogP contribution in [0.3, 0.4) is 0 Å². The van der Waals surface area contributed by atoms with Crippen LogP contribution in [0.4, 0.5) is 30.6 Å². The van der Waals surface area contributed by atoms with Crippen LogP contribution >= 0.6 is 11.8 Å². The Balaban J connectivity index is 1.32. The van der Waals surface area contributed by atoms with Gasteiger partial charge in [0.15, 0.2) is 0 Å². The van der Waals surface area contributed by atoms with Crippen LogP contribution in [0.25, 0.3) is 0 Å². The first-order valence-corrected chi connectivity index (χ1v) is 10.4. The Hall–Kier alpha value is -3.39. The molecule has 0 aliphatic carbocycles. The van der Waals surface area contributed by atoms with E-state index in [1.165, 1.54) is 22.9 Å². The van der Waals surface area contributed by atoms with Gasteiger partial charge < -0.3 is 24.5 Å². The lowest BCUT2D eigenvalue weighted by Gasteiger charge is -2.22. The number of anilines is 2. The van der Waals surface area contributed by atoms with E-state index in [1.807, 2.05) is 0 Å². The molecular weight excluding hydrogens is 465 g/mol. The van der Waals surface area contributed by atoms with Crippen LogP contribution < -0.4 is 9.64 Å². The molecule has 0 N–H and O–H groups in total. The minimum Gasteiger partial charge on any atom is -0.443 e. The number of halogens is 3. The number of ether oxygens (including phenoxy) is 2. The quantitative estimate of drug-likeness (QED) is 0.281. The van der Waals surface area contributed by atoms with Gasteiger partial charge in [0.1, 0.15) is 18.9 Å². The zero-order valence-electron chi connectivity index (χ0n) is 17.1. The average Bonchev–Trinajstić information content (AvgIpc) is 3.21. The number of rotatable bonds is 7. The topological polar surface area (TPSA) is 108 Å². The molecule has 3 heterocycles. The molecular formula is C19H17F3N6O4S. The standard InChI is InChI=1S/C19H17F3N6O4S/c1-26(13-2-4-15(5-3-13)33-19(20,21)22)17-23-6-12(7-24-17)10-31-14-8-27-9-16(28(29)30)25-18(27)32-11-14/h2-7,9,14H,8,10-11H2,1H3/t14-/m0/s1. The van der Waals surface area contributed by atoms with Crippen LogP contribution in [-0.2, 0) is 17.9 Å². The largest absolute Gasteiger partial charge is 0.446 e. The highest BCUT2D eigenvalue weighted by Gasteiger charge is 2.29. The van der Waals surface area contributed by atoms with Crippen molar-refractivity contribution in [3.63, 3.8) is 0 Å². The number of fused-ring (bicyclic) bond motifs is 1. The van der Waals surface area contributed by atoms with Crippen molar-refractivity contribution in [2.45, 2.75) is 29.7 Å². The number of imidazole rings is 1. The third kappa shape index (κ3) is 5.70. The third-order valence-electron chi connectivity index (χ3n) is 4.65. The van der Waals surface area contributed by atoms with Gasteiger partial charge in [0, 0.05) is 40.6 Å². The summed E-state index contributed by atoms with van der Waals surface area (Å²) in [4.78, 5) is 24.3. The first kappa shape index (κ1) is 22.8. The Morgan fingerprint density at radius 3 is 2.64 bits per heavy atom. The van der Waals surface area contributed by atoms with Gasteiger partial charge in [-0.2, -0.15) is 13.2 Å². The summed E-state index contributed by atoms with van der Waals surface area (Å²) < 4.78 is 50.1. The van der Waals surface area contributed by atoms with Crippen molar-refractivity contribution in [1.29, 1.82) is 0 Å². The normalized spacial score (nSPS) is 15.6. The average molecular weight is 482 g/mol. The van der Waals surface area contributed by atoms with Crippen molar-refractivity contribution >= 4 is 29.2 Å². The molecule has 0 spiro atoms. The number of benzene rings is 1. The Morgan fingerprint density at radius 2 is 2.00 bits per heavy atom. The van der Waals surface area contributed by atoms with Gasteiger partial charge in [-0.05, 0) is 41.0 Å². The highest BCUT2D eigenvalue weighted by Crippen LogP contribution is 2.37.